The molecule has 0 unspecified atom stereocenters. The Morgan fingerprint density at radius 1 is 1.33 bits per heavy atom. The van der Waals surface area contributed by atoms with Crippen LogP contribution in [0, 0.1) is 6.92 Å². The van der Waals surface area contributed by atoms with Gasteiger partial charge in [0.1, 0.15) is 5.69 Å². The lowest BCUT2D eigenvalue weighted by atomic mass is 9.97. The standard InChI is InChI=1S/C16H20N2O3/c1-11-13(16(20)21)7-8-14(18-11)15(19)17-10-9-12-5-3-2-4-6-12/h5,7-8H,2-4,6,9-10H2,1H3,(H,17,19)(H,20,21). The van der Waals surface area contributed by atoms with E-state index in [1.165, 1.54) is 30.5 Å². The van der Waals surface area contributed by atoms with E-state index in [1.807, 2.05) is 0 Å². The Balaban J connectivity index is 1.89. The first-order valence-electron chi connectivity index (χ1n) is 7.25. The number of rotatable bonds is 5. The minimum absolute atomic E-state index is 0.124. The van der Waals surface area contributed by atoms with E-state index < -0.39 is 5.97 Å². The van der Waals surface area contributed by atoms with Crippen molar-refractivity contribution in [2.45, 2.75) is 39.0 Å². The molecule has 1 aliphatic carbocycles. The molecular formula is C16H20N2O3. The summed E-state index contributed by atoms with van der Waals surface area (Å²) in [6.07, 6.45) is 7.89. The maximum Gasteiger partial charge on any atom is 0.337 e. The highest BCUT2D eigenvalue weighted by atomic mass is 16.4. The van der Waals surface area contributed by atoms with Gasteiger partial charge in [-0.05, 0) is 51.2 Å². The molecule has 0 atom stereocenters. The second kappa shape index (κ2) is 7.02. The molecule has 2 rings (SSSR count). The molecule has 0 saturated carbocycles. The Labute approximate surface area is 124 Å². The van der Waals surface area contributed by atoms with Gasteiger partial charge in [0.25, 0.3) is 5.91 Å². The first-order chi connectivity index (χ1) is 10.1. The summed E-state index contributed by atoms with van der Waals surface area (Å²) in [4.78, 5) is 26.9. The van der Waals surface area contributed by atoms with Gasteiger partial charge in [0, 0.05) is 6.54 Å². The molecular weight excluding hydrogens is 268 g/mol. The van der Waals surface area contributed by atoms with Crippen molar-refractivity contribution in [2.24, 2.45) is 0 Å². The topological polar surface area (TPSA) is 79.3 Å². The molecule has 1 aromatic heterocycles. The smallest absolute Gasteiger partial charge is 0.337 e. The monoisotopic (exact) mass is 288 g/mol. The number of hydrogen-bond acceptors (Lipinski definition) is 3. The van der Waals surface area contributed by atoms with Crippen LogP contribution >= 0.6 is 0 Å². The third-order valence-electron chi connectivity index (χ3n) is 3.67. The maximum atomic E-state index is 12.0. The van der Waals surface area contributed by atoms with E-state index >= 15 is 0 Å². The average molecular weight is 288 g/mol. The highest BCUT2D eigenvalue weighted by Crippen LogP contribution is 2.19. The lowest BCUT2D eigenvalue weighted by molar-refractivity contribution is 0.0694. The molecule has 0 aromatic carbocycles. The largest absolute Gasteiger partial charge is 0.478 e. The average Bonchev–Trinajstić information content (AvgIpc) is 2.47. The van der Waals surface area contributed by atoms with Gasteiger partial charge in [0.05, 0.1) is 11.3 Å². The van der Waals surface area contributed by atoms with E-state index in [1.54, 1.807) is 6.92 Å². The molecule has 2 N–H and O–H groups in total. The van der Waals surface area contributed by atoms with Crippen molar-refractivity contribution >= 4 is 11.9 Å². The van der Waals surface area contributed by atoms with Gasteiger partial charge in [-0.25, -0.2) is 9.78 Å². The van der Waals surface area contributed by atoms with Crippen LogP contribution < -0.4 is 5.32 Å². The van der Waals surface area contributed by atoms with Crippen molar-refractivity contribution in [3.63, 3.8) is 0 Å². The van der Waals surface area contributed by atoms with E-state index in [0.29, 0.717) is 12.2 Å². The Morgan fingerprint density at radius 2 is 2.14 bits per heavy atom. The minimum Gasteiger partial charge on any atom is -0.478 e. The normalized spacial score (nSPS) is 14.4. The number of aryl methyl sites for hydroxylation is 1. The van der Waals surface area contributed by atoms with Crippen LogP contribution in [0.2, 0.25) is 0 Å². The molecule has 112 valence electrons. The van der Waals surface area contributed by atoms with Gasteiger partial charge in [0.2, 0.25) is 0 Å². The Bertz CT molecular complexity index is 579. The number of allylic oxidation sites excluding steroid dienone is 1. The summed E-state index contributed by atoms with van der Waals surface area (Å²) in [5.74, 6) is -1.29. The molecule has 1 amide bonds. The predicted molar refractivity (Wildman–Crippen MR) is 79.4 cm³/mol. The fraction of sp³-hybridized carbons (Fsp3) is 0.438. The van der Waals surface area contributed by atoms with Crippen LogP contribution in [0.1, 0.15) is 58.6 Å². The zero-order valence-corrected chi connectivity index (χ0v) is 12.2. The zero-order valence-electron chi connectivity index (χ0n) is 12.2. The third kappa shape index (κ3) is 4.15. The van der Waals surface area contributed by atoms with E-state index in [9.17, 15) is 9.59 Å². The number of nitrogens with zero attached hydrogens (tertiary/aromatic N) is 1. The molecule has 1 aliphatic rings. The number of carbonyl (C=O) groups is 2. The first-order valence-corrected chi connectivity index (χ1v) is 7.25. The number of carboxylic acids is 1. The molecule has 1 heterocycles. The number of pyridine rings is 1. The summed E-state index contributed by atoms with van der Waals surface area (Å²) in [7, 11) is 0. The van der Waals surface area contributed by atoms with Crippen LogP contribution in [-0.2, 0) is 0 Å². The van der Waals surface area contributed by atoms with Gasteiger partial charge in [0.15, 0.2) is 0 Å². The zero-order chi connectivity index (χ0) is 15.2. The lowest BCUT2D eigenvalue weighted by Crippen LogP contribution is -2.26. The third-order valence-corrected chi connectivity index (χ3v) is 3.67. The van der Waals surface area contributed by atoms with Gasteiger partial charge in [-0.2, -0.15) is 0 Å². The van der Waals surface area contributed by atoms with Crippen LogP contribution in [0.25, 0.3) is 0 Å². The number of nitrogens with one attached hydrogen (secondary N) is 1. The number of hydrogen-bond donors (Lipinski definition) is 2. The van der Waals surface area contributed by atoms with Crippen molar-refractivity contribution in [2.75, 3.05) is 6.54 Å². The summed E-state index contributed by atoms with van der Waals surface area (Å²) in [5, 5.41) is 11.8. The second-order valence-corrected chi connectivity index (χ2v) is 5.25. The second-order valence-electron chi connectivity index (χ2n) is 5.25. The molecule has 0 saturated heterocycles. The molecule has 0 aliphatic heterocycles. The molecule has 0 fully saturated rings. The van der Waals surface area contributed by atoms with E-state index in [-0.39, 0.29) is 17.2 Å². The van der Waals surface area contributed by atoms with E-state index in [4.69, 9.17) is 5.11 Å². The van der Waals surface area contributed by atoms with Crippen LogP contribution in [0.4, 0.5) is 0 Å². The number of aromatic nitrogens is 1. The summed E-state index contributed by atoms with van der Waals surface area (Å²) >= 11 is 0. The molecule has 1 aromatic rings. The number of carboxylic acid groups (broad SMARTS) is 1. The molecule has 5 nitrogen and oxygen atoms in total. The van der Waals surface area contributed by atoms with Gasteiger partial charge in [-0.15, -0.1) is 0 Å². The first kappa shape index (κ1) is 15.2. The molecule has 5 heteroatoms. The molecule has 0 spiro atoms. The van der Waals surface area contributed by atoms with Gasteiger partial charge in [-0.3, -0.25) is 4.79 Å². The van der Waals surface area contributed by atoms with Crippen LogP contribution in [0.15, 0.2) is 23.8 Å². The fourth-order valence-corrected chi connectivity index (χ4v) is 2.47. The summed E-state index contributed by atoms with van der Waals surface area (Å²) in [6, 6.07) is 2.87. The SMILES string of the molecule is Cc1nc(C(=O)NCCC2=CCCCC2)ccc1C(=O)O. The predicted octanol–water partition coefficient (Wildman–Crippen LogP) is 2.71. The van der Waals surface area contributed by atoms with Crippen molar-refractivity contribution in [1.29, 1.82) is 0 Å². The maximum absolute atomic E-state index is 12.0. The van der Waals surface area contributed by atoms with E-state index in [0.717, 1.165) is 19.3 Å². The molecule has 21 heavy (non-hydrogen) atoms. The minimum atomic E-state index is -1.03. The highest BCUT2D eigenvalue weighted by molar-refractivity contribution is 5.94. The Kier molecular flexibility index (Phi) is 5.09. The van der Waals surface area contributed by atoms with Gasteiger partial charge in [-0.1, -0.05) is 11.6 Å². The van der Waals surface area contributed by atoms with Crippen LogP contribution in [0.3, 0.4) is 0 Å². The molecule has 0 bridgehead atoms. The Morgan fingerprint density at radius 3 is 2.76 bits per heavy atom. The number of carbonyl (C=O) groups excluding carboxylic acids is 1. The van der Waals surface area contributed by atoms with Crippen molar-refractivity contribution in [3.8, 4) is 0 Å². The highest BCUT2D eigenvalue weighted by Gasteiger charge is 2.13. The Hall–Kier alpha value is -2.17. The van der Waals surface area contributed by atoms with E-state index in [2.05, 4.69) is 16.4 Å². The quantitative estimate of drug-likeness (QED) is 0.816. The number of amides is 1. The summed E-state index contributed by atoms with van der Waals surface area (Å²) in [5.41, 5.74) is 2.14. The van der Waals surface area contributed by atoms with Gasteiger partial charge >= 0.3 is 5.97 Å². The van der Waals surface area contributed by atoms with Crippen LogP contribution in [0.5, 0.6) is 0 Å². The van der Waals surface area contributed by atoms with Crippen molar-refractivity contribution < 1.29 is 14.7 Å². The summed E-state index contributed by atoms with van der Waals surface area (Å²) < 4.78 is 0. The number of aromatic carboxylic acids is 1. The fourth-order valence-electron chi connectivity index (χ4n) is 2.47. The van der Waals surface area contributed by atoms with Crippen molar-refractivity contribution in [1.82, 2.24) is 10.3 Å². The summed E-state index contributed by atoms with van der Waals surface area (Å²) in [6.45, 7) is 2.18. The van der Waals surface area contributed by atoms with Gasteiger partial charge < -0.3 is 10.4 Å². The molecule has 0 radical (unpaired) electrons. The van der Waals surface area contributed by atoms with Crippen molar-refractivity contribution in [3.05, 3.63) is 40.7 Å². The van der Waals surface area contributed by atoms with Crippen LogP contribution in [-0.4, -0.2) is 28.5 Å². The lowest BCUT2D eigenvalue weighted by Gasteiger charge is -2.13.